The zero-order valence-corrected chi connectivity index (χ0v) is 10.5. The zero-order chi connectivity index (χ0) is 13.5. The Morgan fingerprint density at radius 2 is 1.79 bits per heavy atom. The van der Waals surface area contributed by atoms with Crippen molar-refractivity contribution < 1.29 is 10.2 Å². The van der Waals surface area contributed by atoms with Crippen molar-refractivity contribution in [3.05, 3.63) is 36.5 Å². The van der Waals surface area contributed by atoms with Gasteiger partial charge in [-0.3, -0.25) is 9.99 Å². The van der Waals surface area contributed by atoms with Crippen LogP contribution in [-0.4, -0.2) is 46.5 Å². The molecule has 0 aliphatic heterocycles. The Labute approximate surface area is 111 Å². The predicted molar refractivity (Wildman–Crippen MR) is 72.0 cm³/mol. The number of pyridine rings is 1. The van der Waals surface area contributed by atoms with E-state index in [-0.39, 0.29) is 13.2 Å². The smallest absolute Gasteiger partial charge is 0.114 e. The summed E-state index contributed by atoms with van der Waals surface area (Å²) in [5.41, 5.74) is 1.45. The Morgan fingerprint density at radius 1 is 1.05 bits per heavy atom. The second-order valence-corrected chi connectivity index (χ2v) is 3.94. The molecule has 2 rings (SSSR count). The molecule has 6 heteroatoms. The molecule has 0 amide bonds. The molecule has 2 aromatic rings. The first-order valence-corrected chi connectivity index (χ1v) is 6.07. The quantitative estimate of drug-likeness (QED) is 0.609. The van der Waals surface area contributed by atoms with Crippen molar-refractivity contribution in [1.82, 2.24) is 9.99 Å². The minimum absolute atomic E-state index is 0.0349. The second kappa shape index (κ2) is 6.77. The molecule has 0 aliphatic rings. The average Bonchev–Trinajstić information content (AvgIpc) is 2.45. The molecule has 1 aromatic heterocycles. The first-order valence-electron chi connectivity index (χ1n) is 6.07. The lowest BCUT2D eigenvalue weighted by Gasteiger charge is -2.14. The van der Waals surface area contributed by atoms with E-state index >= 15 is 0 Å². The maximum absolute atomic E-state index is 8.89. The van der Waals surface area contributed by atoms with E-state index in [1.165, 1.54) is 5.01 Å². The number of fused-ring (bicyclic) bond motifs is 1. The highest BCUT2D eigenvalue weighted by atomic mass is 16.3. The molecule has 0 atom stereocenters. The Balaban J connectivity index is 2.24. The first-order chi connectivity index (χ1) is 9.35. The molecule has 0 spiro atoms. The third kappa shape index (κ3) is 3.46. The van der Waals surface area contributed by atoms with Crippen LogP contribution in [0, 0.1) is 0 Å². The van der Waals surface area contributed by atoms with E-state index in [9.17, 15) is 0 Å². The maximum Gasteiger partial charge on any atom is 0.114 e. The minimum Gasteiger partial charge on any atom is -0.394 e. The number of aliphatic hydroxyl groups excluding tert-OH is 2. The second-order valence-electron chi connectivity index (χ2n) is 3.94. The molecule has 1 heterocycles. The van der Waals surface area contributed by atoms with Crippen molar-refractivity contribution in [3.63, 3.8) is 0 Å². The van der Waals surface area contributed by atoms with Crippen molar-refractivity contribution in [2.24, 2.45) is 10.3 Å². The number of benzene rings is 1. The highest BCUT2D eigenvalue weighted by molar-refractivity contribution is 5.88. The summed E-state index contributed by atoms with van der Waals surface area (Å²) in [6.45, 7) is 0.601. The first kappa shape index (κ1) is 13.4. The van der Waals surface area contributed by atoms with E-state index in [1.54, 1.807) is 6.20 Å². The summed E-state index contributed by atoms with van der Waals surface area (Å²) >= 11 is 0. The van der Waals surface area contributed by atoms with E-state index in [4.69, 9.17) is 10.2 Å². The number of hydrogen-bond acceptors (Lipinski definition) is 5. The standard InChI is InChI=1S/C13H16N4O2/c18-9-7-17(8-10-19)16-15-12-5-1-3-11-4-2-6-14-13(11)12/h1-6,18-19H,7-10H2. The van der Waals surface area contributed by atoms with Crippen LogP contribution in [0.15, 0.2) is 46.9 Å². The zero-order valence-electron chi connectivity index (χ0n) is 10.5. The highest BCUT2D eigenvalue weighted by Gasteiger charge is 2.02. The lowest BCUT2D eigenvalue weighted by atomic mass is 10.2. The van der Waals surface area contributed by atoms with Gasteiger partial charge in [-0.2, -0.15) is 0 Å². The molecule has 1 aromatic carbocycles. The van der Waals surface area contributed by atoms with Crippen LogP contribution in [0.3, 0.4) is 0 Å². The molecule has 0 saturated heterocycles. The van der Waals surface area contributed by atoms with Crippen LogP contribution in [0.4, 0.5) is 5.69 Å². The van der Waals surface area contributed by atoms with Crippen LogP contribution in [0.5, 0.6) is 0 Å². The predicted octanol–water partition coefficient (Wildman–Crippen LogP) is 1.52. The summed E-state index contributed by atoms with van der Waals surface area (Å²) in [5.74, 6) is 0. The summed E-state index contributed by atoms with van der Waals surface area (Å²) in [6.07, 6.45) is 1.71. The molecule has 6 nitrogen and oxygen atoms in total. The fraction of sp³-hybridized carbons (Fsp3) is 0.308. The van der Waals surface area contributed by atoms with Gasteiger partial charge in [0.05, 0.1) is 31.8 Å². The monoisotopic (exact) mass is 260 g/mol. The van der Waals surface area contributed by atoms with Crippen LogP contribution < -0.4 is 0 Å². The number of aromatic nitrogens is 1. The molecule has 100 valence electrons. The Kier molecular flexibility index (Phi) is 4.77. The van der Waals surface area contributed by atoms with Crippen LogP contribution >= 0.6 is 0 Å². The molecule has 0 unspecified atom stereocenters. The number of nitrogens with zero attached hydrogens (tertiary/aromatic N) is 4. The highest BCUT2D eigenvalue weighted by Crippen LogP contribution is 2.23. The van der Waals surface area contributed by atoms with Gasteiger partial charge in [-0.15, -0.1) is 5.11 Å². The van der Waals surface area contributed by atoms with Gasteiger partial charge in [0.1, 0.15) is 5.69 Å². The summed E-state index contributed by atoms with van der Waals surface area (Å²) in [7, 11) is 0. The van der Waals surface area contributed by atoms with E-state index in [0.29, 0.717) is 18.8 Å². The molecule has 0 saturated carbocycles. The van der Waals surface area contributed by atoms with Crippen molar-refractivity contribution >= 4 is 16.6 Å². The molecule has 0 aliphatic carbocycles. The van der Waals surface area contributed by atoms with Gasteiger partial charge in [-0.25, -0.2) is 0 Å². The molecule has 0 bridgehead atoms. The Bertz CT molecular complexity index is 548. The van der Waals surface area contributed by atoms with Gasteiger partial charge in [-0.1, -0.05) is 23.4 Å². The maximum atomic E-state index is 8.89. The molecular formula is C13H16N4O2. The fourth-order valence-corrected chi connectivity index (χ4v) is 1.71. The van der Waals surface area contributed by atoms with Crippen molar-refractivity contribution in [2.75, 3.05) is 26.3 Å². The Hall–Kier alpha value is -2.05. The van der Waals surface area contributed by atoms with E-state index in [0.717, 1.165) is 10.9 Å². The summed E-state index contributed by atoms with van der Waals surface area (Å²) < 4.78 is 0. The van der Waals surface area contributed by atoms with Gasteiger partial charge in [-0.05, 0) is 12.1 Å². The lowest BCUT2D eigenvalue weighted by molar-refractivity contribution is 0.158. The van der Waals surface area contributed by atoms with Crippen LogP contribution in [0.1, 0.15) is 0 Å². The van der Waals surface area contributed by atoms with Crippen LogP contribution in [0.2, 0.25) is 0 Å². The summed E-state index contributed by atoms with van der Waals surface area (Å²) in [5, 5.41) is 28.5. The SMILES string of the molecule is OCCN(CCO)N=Nc1cccc2cccnc12. The Morgan fingerprint density at radius 3 is 2.53 bits per heavy atom. The molecule has 0 radical (unpaired) electrons. The number of rotatable bonds is 6. The van der Waals surface area contributed by atoms with Gasteiger partial charge >= 0.3 is 0 Å². The van der Waals surface area contributed by atoms with Gasteiger partial charge in [0.25, 0.3) is 0 Å². The normalized spacial score (nSPS) is 11.3. The van der Waals surface area contributed by atoms with Crippen LogP contribution in [-0.2, 0) is 0 Å². The third-order valence-corrected chi connectivity index (χ3v) is 2.61. The van der Waals surface area contributed by atoms with E-state index in [1.807, 2.05) is 30.3 Å². The van der Waals surface area contributed by atoms with Gasteiger partial charge in [0.2, 0.25) is 0 Å². The topological polar surface area (TPSA) is 81.3 Å². The largest absolute Gasteiger partial charge is 0.394 e. The minimum atomic E-state index is -0.0349. The van der Waals surface area contributed by atoms with Crippen molar-refractivity contribution in [2.45, 2.75) is 0 Å². The third-order valence-electron chi connectivity index (χ3n) is 2.61. The number of para-hydroxylation sites is 1. The van der Waals surface area contributed by atoms with Gasteiger partial charge in [0, 0.05) is 11.6 Å². The van der Waals surface area contributed by atoms with E-state index < -0.39 is 0 Å². The fourth-order valence-electron chi connectivity index (χ4n) is 1.71. The number of aliphatic hydroxyl groups is 2. The molecular weight excluding hydrogens is 244 g/mol. The lowest BCUT2D eigenvalue weighted by Crippen LogP contribution is -2.24. The number of hydrogen-bond donors (Lipinski definition) is 2. The van der Waals surface area contributed by atoms with E-state index in [2.05, 4.69) is 15.3 Å². The molecule has 19 heavy (non-hydrogen) atoms. The summed E-state index contributed by atoms with van der Waals surface area (Å²) in [4.78, 5) is 4.28. The average molecular weight is 260 g/mol. The molecule has 0 fully saturated rings. The molecule has 2 N–H and O–H groups in total. The van der Waals surface area contributed by atoms with Crippen LogP contribution in [0.25, 0.3) is 10.9 Å². The van der Waals surface area contributed by atoms with Crippen molar-refractivity contribution in [3.8, 4) is 0 Å². The van der Waals surface area contributed by atoms with Crippen molar-refractivity contribution in [1.29, 1.82) is 0 Å². The van der Waals surface area contributed by atoms with Gasteiger partial charge in [0.15, 0.2) is 0 Å². The summed E-state index contributed by atoms with van der Waals surface area (Å²) in [6, 6.07) is 9.50. The van der Waals surface area contributed by atoms with Gasteiger partial charge < -0.3 is 10.2 Å².